The van der Waals surface area contributed by atoms with Crippen LogP contribution in [0.5, 0.6) is 0 Å². The Bertz CT molecular complexity index is 196. The standard InChI is InChI=1S/C8H11NS2/c1-2-8(10)11-9-6-4-3-5-7-9/h3-6H,2,7H2,1H3. The maximum absolute atomic E-state index is 5.10. The highest BCUT2D eigenvalue weighted by Gasteiger charge is 2.02. The Hall–Kier alpha value is -0.280. The van der Waals surface area contributed by atoms with Crippen LogP contribution >= 0.6 is 24.2 Å². The van der Waals surface area contributed by atoms with Crippen molar-refractivity contribution in [1.82, 2.24) is 4.31 Å². The van der Waals surface area contributed by atoms with Crippen molar-refractivity contribution in [2.45, 2.75) is 13.3 Å². The highest BCUT2D eigenvalue weighted by Crippen LogP contribution is 2.16. The summed E-state index contributed by atoms with van der Waals surface area (Å²) in [5.41, 5.74) is 0. The molecule has 0 fully saturated rings. The monoisotopic (exact) mass is 185 g/mol. The molecule has 0 saturated heterocycles. The second-order valence-electron chi connectivity index (χ2n) is 2.19. The molecule has 1 heterocycles. The number of rotatable bonds is 2. The van der Waals surface area contributed by atoms with E-state index in [1.165, 1.54) is 0 Å². The number of thiocarbonyl (C=S) groups is 1. The molecular formula is C8H11NS2. The molecule has 0 N–H and O–H groups in total. The van der Waals surface area contributed by atoms with Crippen LogP contribution in [0.4, 0.5) is 0 Å². The molecule has 0 atom stereocenters. The van der Waals surface area contributed by atoms with E-state index in [1.807, 2.05) is 18.4 Å². The molecule has 0 aromatic rings. The topological polar surface area (TPSA) is 3.24 Å². The van der Waals surface area contributed by atoms with E-state index < -0.39 is 0 Å². The molecular weight excluding hydrogens is 174 g/mol. The van der Waals surface area contributed by atoms with E-state index in [0.717, 1.165) is 17.2 Å². The van der Waals surface area contributed by atoms with Crippen molar-refractivity contribution < 1.29 is 0 Å². The minimum atomic E-state index is 0.960. The van der Waals surface area contributed by atoms with Crippen molar-refractivity contribution in [2.75, 3.05) is 6.54 Å². The lowest BCUT2D eigenvalue weighted by atomic mass is 10.4. The van der Waals surface area contributed by atoms with Crippen molar-refractivity contribution in [3.8, 4) is 0 Å². The van der Waals surface area contributed by atoms with Gasteiger partial charge in [0.1, 0.15) is 0 Å². The predicted molar refractivity (Wildman–Crippen MR) is 55.5 cm³/mol. The van der Waals surface area contributed by atoms with E-state index in [9.17, 15) is 0 Å². The highest BCUT2D eigenvalue weighted by atomic mass is 32.2. The van der Waals surface area contributed by atoms with E-state index in [-0.39, 0.29) is 0 Å². The summed E-state index contributed by atoms with van der Waals surface area (Å²) in [6.45, 7) is 3.04. The van der Waals surface area contributed by atoms with Gasteiger partial charge in [0.2, 0.25) is 0 Å². The fraction of sp³-hybridized carbons (Fsp3) is 0.375. The quantitative estimate of drug-likeness (QED) is 0.481. The predicted octanol–water partition coefficient (Wildman–Crippen LogP) is 2.76. The van der Waals surface area contributed by atoms with Crippen molar-refractivity contribution in [3.63, 3.8) is 0 Å². The van der Waals surface area contributed by atoms with Gasteiger partial charge in [-0.15, -0.1) is 0 Å². The van der Waals surface area contributed by atoms with Crippen molar-refractivity contribution >= 4 is 28.4 Å². The van der Waals surface area contributed by atoms with Crippen LogP contribution in [0, 0.1) is 0 Å². The highest BCUT2D eigenvalue weighted by molar-refractivity contribution is 8.21. The van der Waals surface area contributed by atoms with E-state index in [0.29, 0.717) is 0 Å². The lowest BCUT2D eigenvalue weighted by Crippen LogP contribution is -2.11. The van der Waals surface area contributed by atoms with Gasteiger partial charge in [-0.3, -0.25) is 0 Å². The molecule has 3 heteroatoms. The molecule has 0 aromatic heterocycles. The van der Waals surface area contributed by atoms with Gasteiger partial charge in [0, 0.05) is 12.7 Å². The summed E-state index contributed by atoms with van der Waals surface area (Å²) in [6, 6.07) is 0. The largest absolute Gasteiger partial charge is 0.315 e. The van der Waals surface area contributed by atoms with Crippen LogP contribution < -0.4 is 0 Å². The zero-order valence-electron chi connectivity index (χ0n) is 6.49. The van der Waals surface area contributed by atoms with Crippen molar-refractivity contribution in [3.05, 3.63) is 24.4 Å². The molecule has 1 rings (SSSR count). The first-order valence-corrected chi connectivity index (χ1v) is 4.82. The molecule has 60 valence electrons. The molecule has 0 bridgehead atoms. The summed E-state index contributed by atoms with van der Waals surface area (Å²) in [5.74, 6) is 0. The average Bonchev–Trinajstić information content (AvgIpc) is 2.06. The third kappa shape index (κ3) is 3.08. The fourth-order valence-electron chi connectivity index (χ4n) is 0.713. The third-order valence-corrected chi connectivity index (χ3v) is 2.80. The molecule has 0 saturated carbocycles. The number of hydrogen-bond acceptors (Lipinski definition) is 3. The van der Waals surface area contributed by atoms with Crippen LogP contribution in [0.25, 0.3) is 0 Å². The second-order valence-corrected chi connectivity index (χ2v) is 4.08. The van der Waals surface area contributed by atoms with E-state index in [1.54, 1.807) is 11.9 Å². The molecule has 0 unspecified atom stereocenters. The number of allylic oxidation sites excluding steroid dienone is 2. The van der Waals surface area contributed by atoms with Gasteiger partial charge in [0.05, 0.1) is 4.20 Å². The van der Waals surface area contributed by atoms with Crippen LogP contribution in [-0.4, -0.2) is 15.0 Å². The Labute approximate surface area is 77.3 Å². The van der Waals surface area contributed by atoms with Crippen LogP contribution in [0.1, 0.15) is 13.3 Å². The lowest BCUT2D eigenvalue weighted by molar-refractivity contribution is 0.696. The summed E-state index contributed by atoms with van der Waals surface area (Å²) in [5, 5.41) is 0. The number of hydrogen-bond donors (Lipinski definition) is 0. The minimum Gasteiger partial charge on any atom is -0.315 e. The Kier molecular flexibility index (Phi) is 3.66. The van der Waals surface area contributed by atoms with E-state index in [2.05, 4.69) is 17.3 Å². The second kappa shape index (κ2) is 4.57. The molecule has 11 heavy (non-hydrogen) atoms. The molecule has 0 radical (unpaired) electrons. The maximum Gasteiger partial charge on any atom is 0.0688 e. The minimum absolute atomic E-state index is 0.960. The van der Waals surface area contributed by atoms with Gasteiger partial charge in [0.15, 0.2) is 0 Å². The summed E-state index contributed by atoms with van der Waals surface area (Å²) in [4.78, 5) is 0. The summed E-state index contributed by atoms with van der Waals surface area (Å²) in [6.07, 6.45) is 9.20. The Morgan fingerprint density at radius 2 is 2.45 bits per heavy atom. The Morgan fingerprint density at radius 3 is 3.00 bits per heavy atom. The normalized spacial score (nSPS) is 15.5. The molecule has 0 aliphatic carbocycles. The van der Waals surface area contributed by atoms with Crippen molar-refractivity contribution in [1.29, 1.82) is 0 Å². The van der Waals surface area contributed by atoms with Crippen LogP contribution in [-0.2, 0) is 0 Å². The zero-order valence-corrected chi connectivity index (χ0v) is 8.12. The fourth-order valence-corrected chi connectivity index (χ4v) is 1.68. The van der Waals surface area contributed by atoms with E-state index >= 15 is 0 Å². The molecule has 0 amide bonds. The molecule has 1 aliphatic heterocycles. The summed E-state index contributed by atoms with van der Waals surface area (Å²) in [7, 11) is 0. The van der Waals surface area contributed by atoms with Crippen LogP contribution in [0.2, 0.25) is 0 Å². The van der Waals surface area contributed by atoms with Crippen molar-refractivity contribution in [2.24, 2.45) is 0 Å². The average molecular weight is 185 g/mol. The lowest BCUT2D eigenvalue weighted by Gasteiger charge is -2.18. The maximum atomic E-state index is 5.10. The first-order valence-electron chi connectivity index (χ1n) is 3.63. The molecule has 0 aromatic carbocycles. The smallest absolute Gasteiger partial charge is 0.0688 e. The molecule has 0 spiro atoms. The van der Waals surface area contributed by atoms with Gasteiger partial charge in [-0.05, 0) is 24.4 Å². The number of nitrogens with zero attached hydrogens (tertiary/aromatic N) is 1. The SMILES string of the molecule is CCC(=S)SN1C=CC=CC1. The first kappa shape index (κ1) is 8.81. The van der Waals surface area contributed by atoms with Crippen LogP contribution in [0.3, 0.4) is 0 Å². The van der Waals surface area contributed by atoms with Gasteiger partial charge in [-0.1, -0.05) is 31.3 Å². The first-order chi connectivity index (χ1) is 5.33. The third-order valence-electron chi connectivity index (χ3n) is 1.29. The Morgan fingerprint density at radius 1 is 1.64 bits per heavy atom. The zero-order chi connectivity index (χ0) is 8.10. The van der Waals surface area contributed by atoms with Gasteiger partial charge in [-0.2, -0.15) is 0 Å². The van der Waals surface area contributed by atoms with Gasteiger partial charge < -0.3 is 4.31 Å². The van der Waals surface area contributed by atoms with Gasteiger partial charge in [-0.25, -0.2) is 0 Å². The summed E-state index contributed by atoms with van der Waals surface area (Å²) < 4.78 is 3.18. The van der Waals surface area contributed by atoms with E-state index in [4.69, 9.17) is 12.2 Å². The van der Waals surface area contributed by atoms with Crippen LogP contribution in [0.15, 0.2) is 24.4 Å². The Balaban J connectivity index is 2.33. The summed E-state index contributed by atoms with van der Waals surface area (Å²) >= 11 is 6.75. The molecule has 1 nitrogen and oxygen atoms in total. The van der Waals surface area contributed by atoms with Gasteiger partial charge in [0.25, 0.3) is 0 Å². The molecule has 1 aliphatic rings. The van der Waals surface area contributed by atoms with Gasteiger partial charge >= 0.3 is 0 Å².